The largest absolute Gasteiger partial charge is 0.392 e. The molecule has 94 valence electrons. The highest BCUT2D eigenvalue weighted by Gasteiger charge is 2.40. The average molecular weight is 228 g/mol. The number of aliphatic hydroxyl groups is 2. The lowest BCUT2D eigenvalue weighted by Gasteiger charge is -2.33. The van der Waals surface area contributed by atoms with Crippen molar-refractivity contribution < 1.29 is 10.2 Å². The summed E-state index contributed by atoms with van der Waals surface area (Å²) >= 11 is 0. The van der Waals surface area contributed by atoms with Crippen molar-refractivity contribution in [3.8, 4) is 0 Å². The van der Waals surface area contributed by atoms with Crippen molar-refractivity contribution in [2.75, 3.05) is 27.2 Å². The van der Waals surface area contributed by atoms with E-state index in [0.29, 0.717) is 6.04 Å². The van der Waals surface area contributed by atoms with Gasteiger partial charge in [-0.05, 0) is 39.8 Å². The van der Waals surface area contributed by atoms with Crippen LogP contribution in [0.4, 0.5) is 0 Å². The molecule has 4 nitrogen and oxygen atoms in total. The fourth-order valence-electron chi connectivity index (χ4n) is 3.23. The van der Waals surface area contributed by atoms with Crippen LogP contribution in [0.5, 0.6) is 0 Å². The lowest BCUT2D eigenvalue weighted by atomic mass is 10.1. The first-order valence-electron chi connectivity index (χ1n) is 6.34. The molecular weight excluding hydrogens is 204 g/mol. The fourth-order valence-corrected chi connectivity index (χ4v) is 3.23. The summed E-state index contributed by atoms with van der Waals surface area (Å²) in [7, 11) is 4.13. The Morgan fingerprint density at radius 2 is 2.00 bits per heavy atom. The number of nitrogens with zero attached hydrogens (tertiary/aromatic N) is 2. The first-order valence-corrected chi connectivity index (χ1v) is 6.34. The molecule has 16 heavy (non-hydrogen) atoms. The standard InChI is InChI=1S/C12H24N2O2/c1-13(2)7-9-6-10(15)8-14(9)11-4-3-5-12(11)16/h9-12,15-16H,3-8H2,1-2H3. The van der Waals surface area contributed by atoms with E-state index in [2.05, 4.69) is 23.9 Å². The monoisotopic (exact) mass is 228 g/mol. The van der Waals surface area contributed by atoms with Crippen molar-refractivity contribution >= 4 is 0 Å². The van der Waals surface area contributed by atoms with Gasteiger partial charge in [0.1, 0.15) is 0 Å². The zero-order valence-electron chi connectivity index (χ0n) is 10.3. The predicted molar refractivity (Wildman–Crippen MR) is 63.3 cm³/mol. The summed E-state index contributed by atoms with van der Waals surface area (Å²) in [4.78, 5) is 4.50. The van der Waals surface area contributed by atoms with Crippen LogP contribution in [0.2, 0.25) is 0 Å². The highest BCUT2D eigenvalue weighted by atomic mass is 16.3. The molecule has 4 unspecified atom stereocenters. The summed E-state index contributed by atoms with van der Waals surface area (Å²) in [6.07, 6.45) is 3.57. The van der Waals surface area contributed by atoms with Crippen molar-refractivity contribution in [1.82, 2.24) is 9.80 Å². The Balaban J connectivity index is 2.00. The van der Waals surface area contributed by atoms with Crippen LogP contribution in [0.1, 0.15) is 25.7 Å². The lowest BCUT2D eigenvalue weighted by Crippen LogP contribution is -2.47. The van der Waals surface area contributed by atoms with E-state index in [1.165, 1.54) is 0 Å². The molecule has 0 aromatic rings. The molecule has 2 rings (SSSR count). The van der Waals surface area contributed by atoms with Gasteiger partial charge < -0.3 is 15.1 Å². The minimum atomic E-state index is -0.210. The molecule has 2 N–H and O–H groups in total. The Morgan fingerprint density at radius 1 is 1.25 bits per heavy atom. The quantitative estimate of drug-likeness (QED) is 0.708. The van der Waals surface area contributed by atoms with Crippen LogP contribution in [-0.2, 0) is 0 Å². The maximum absolute atomic E-state index is 9.95. The Kier molecular flexibility index (Phi) is 3.85. The summed E-state index contributed by atoms with van der Waals surface area (Å²) in [5.41, 5.74) is 0. The number of hydrogen-bond donors (Lipinski definition) is 2. The Morgan fingerprint density at radius 3 is 2.56 bits per heavy atom. The van der Waals surface area contributed by atoms with Gasteiger partial charge in [-0.1, -0.05) is 0 Å². The van der Waals surface area contributed by atoms with E-state index in [1.807, 2.05) is 0 Å². The molecule has 0 spiro atoms. The van der Waals surface area contributed by atoms with Crippen LogP contribution in [0.25, 0.3) is 0 Å². The van der Waals surface area contributed by atoms with Crippen molar-refractivity contribution in [1.29, 1.82) is 0 Å². The molecule has 2 fully saturated rings. The first-order chi connectivity index (χ1) is 7.58. The lowest BCUT2D eigenvalue weighted by molar-refractivity contribution is 0.0513. The summed E-state index contributed by atoms with van der Waals surface area (Å²) in [6, 6.07) is 0.685. The molecular formula is C12H24N2O2. The van der Waals surface area contributed by atoms with E-state index in [9.17, 15) is 10.2 Å². The number of rotatable bonds is 3. The second-order valence-electron chi connectivity index (χ2n) is 5.57. The molecule has 4 heteroatoms. The molecule has 0 aromatic carbocycles. The molecule has 4 atom stereocenters. The van der Waals surface area contributed by atoms with Crippen LogP contribution >= 0.6 is 0 Å². The normalized spacial score (nSPS) is 41.1. The van der Waals surface area contributed by atoms with Gasteiger partial charge in [0.05, 0.1) is 12.2 Å². The highest BCUT2D eigenvalue weighted by molar-refractivity contribution is 4.95. The van der Waals surface area contributed by atoms with E-state index >= 15 is 0 Å². The van der Waals surface area contributed by atoms with E-state index in [1.54, 1.807) is 0 Å². The molecule has 1 saturated heterocycles. The maximum atomic E-state index is 9.95. The van der Waals surface area contributed by atoms with Crippen molar-refractivity contribution in [3.05, 3.63) is 0 Å². The number of β-amino-alcohol motifs (C(OH)–C–C–N with tert-alkyl or cyclic N) is 1. The maximum Gasteiger partial charge on any atom is 0.0695 e. The minimum absolute atomic E-state index is 0.185. The molecule has 2 aliphatic rings. The minimum Gasteiger partial charge on any atom is -0.392 e. The Labute approximate surface area is 97.9 Å². The third kappa shape index (κ3) is 2.56. The summed E-state index contributed by atoms with van der Waals surface area (Å²) in [5, 5.41) is 19.7. The summed E-state index contributed by atoms with van der Waals surface area (Å²) in [5.74, 6) is 0. The second-order valence-corrected chi connectivity index (χ2v) is 5.57. The highest BCUT2D eigenvalue weighted by Crippen LogP contribution is 2.30. The molecule has 0 aromatic heterocycles. The van der Waals surface area contributed by atoms with Crippen LogP contribution < -0.4 is 0 Å². The summed E-state index contributed by atoms with van der Waals surface area (Å²) < 4.78 is 0. The number of likely N-dealkylation sites (tertiary alicyclic amines) is 1. The van der Waals surface area contributed by atoms with Crippen LogP contribution in [-0.4, -0.2) is 71.5 Å². The van der Waals surface area contributed by atoms with Crippen LogP contribution in [0.15, 0.2) is 0 Å². The summed E-state index contributed by atoms with van der Waals surface area (Å²) in [6.45, 7) is 1.71. The van der Waals surface area contributed by atoms with Gasteiger partial charge in [0, 0.05) is 25.2 Å². The predicted octanol–water partition coefficient (Wildman–Crippen LogP) is -0.103. The fraction of sp³-hybridized carbons (Fsp3) is 1.00. The van der Waals surface area contributed by atoms with Gasteiger partial charge in [-0.2, -0.15) is 0 Å². The van der Waals surface area contributed by atoms with E-state index in [4.69, 9.17) is 0 Å². The van der Waals surface area contributed by atoms with Gasteiger partial charge in [-0.3, -0.25) is 4.90 Å². The Hall–Kier alpha value is -0.160. The van der Waals surface area contributed by atoms with Crippen molar-refractivity contribution in [2.45, 2.75) is 50.0 Å². The third-order valence-corrected chi connectivity index (χ3v) is 3.88. The van der Waals surface area contributed by atoms with E-state index < -0.39 is 0 Å². The van der Waals surface area contributed by atoms with Gasteiger partial charge in [0.15, 0.2) is 0 Å². The number of hydrogen-bond acceptors (Lipinski definition) is 4. The molecule has 0 radical (unpaired) electrons. The van der Waals surface area contributed by atoms with Crippen LogP contribution in [0.3, 0.4) is 0 Å². The first kappa shape index (κ1) is 12.3. The molecule has 1 saturated carbocycles. The van der Waals surface area contributed by atoms with Gasteiger partial charge in [0.25, 0.3) is 0 Å². The SMILES string of the molecule is CN(C)CC1CC(O)CN1C1CCCC1O. The zero-order chi connectivity index (χ0) is 11.7. The molecule has 1 aliphatic carbocycles. The number of aliphatic hydroxyl groups excluding tert-OH is 2. The molecule has 0 bridgehead atoms. The topological polar surface area (TPSA) is 46.9 Å². The van der Waals surface area contributed by atoms with Crippen molar-refractivity contribution in [2.24, 2.45) is 0 Å². The van der Waals surface area contributed by atoms with Gasteiger partial charge >= 0.3 is 0 Å². The van der Waals surface area contributed by atoms with Gasteiger partial charge in [0.2, 0.25) is 0 Å². The molecule has 0 amide bonds. The van der Waals surface area contributed by atoms with Gasteiger partial charge in [-0.25, -0.2) is 0 Å². The number of likely N-dealkylation sites (N-methyl/N-ethyl adjacent to an activating group) is 1. The van der Waals surface area contributed by atoms with E-state index in [-0.39, 0.29) is 18.2 Å². The second kappa shape index (κ2) is 5.00. The Bertz CT molecular complexity index is 235. The molecule has 1 heterocycles. The van der Waals surface area contributed by atoms with Gasteiger partial charge in [-0.15, -0.1) is 0 Å². The third-order valence-electron chi connectivity index (χ3n) is 3.88. The van der Waals surface area contributed by atoms with E-state index in [0.717, 1.165) is 38.8 Å². The molecule has 1 aliphatic heterocycles. The van der Waals surface area contributed by atoms with Crippen LogP contribution in [0, 0.1) is 0 Å². The smallest absolute Gasteiger partial charge is 0.0695 e. The zero-order valence-corrected chi connectivity index (χ0v) is 10.3. The average Bonchev–Trinajstić information content (AvgIpc) is 2.71. The van der Waals surface area contributed by atoms with Crippen molar-refractivity contribution in [3.63, 3.8) is 0 Å².